The monoisotopic (exact) mass is 399 g/mol. The second kappa shape index (κ2) is 8.96. The van der Waals surface area contributed by atoms with Crippen LogP contribution in [0.5, 0.6) is 0 Å². The van der Waals surface area contributed by atoms with Crippen LogP contribution >= 0.6 is 0 Å². The number of hydrogen-bond acceptors (Lipinski definition) is 6. The number of nitro benzene ring substituents is 1. The molecule has 9 nitrogen and oxygen atoms in total. The van der Waals surface area contributed by atoms with Gasteiger partial charge in [-0.05, 0) is 25.1 Å². The van der Waals surface area contributed by atoms with E-state index < -0.39 is 28.6 Å². The number of carbonyl (C=O) groups is 3. The summed E-state index contributed by atoms with van der Waals surface area (Å²) in [7, 11) is 3.31. The van der Waals surface area contributed by atoms with E-state index in [-0.39, 0.29) is 28.8 Å². The number of nitrogens with one attached hydrogen (secondary N) is 1. The van der Waals surface area contributed by atoms with Crippen LogP contribution in [0.25, 0.3) is 0 Å². The van der Waals surface area contributed by atoms with Gasteiger partial charge in [0, 0.05) is 37.3 Å². The van der Waals surface area contributed by atoms with Crippen molar-refractivity contribution >= 4 is 29.0 Å². The average Bonchev–Trinajstić information content (AvgIpc) is 2.66. The third-order valence-corrected chi connectivity index (χ3v) is 4.19. The fraction of sp³-hybridized carbons (Fsp3) is 0.250. The van der Waals surface area contributed by atoms with Crippen LogP contribution in [0.2, 0.25) is 0 Å². The molecular weight excluding hydrogens is 378 g/mol. The van der Waals surface area contributed by atoms with E-state index in [4.69, 9.17) is 5.11 Å². The molecule has 0 aromatic heterocycles. The van der Waals surface area contributed by atoms with E-state index in [0.29, 0.717) is 5.69 Å². The summed E-state index contributed by atoms with van der Waals surface area (Å²) in [4.78, 5) is 48.7. The fourth-order valence-corrected chi connectivity index (χ4v) is 2.84. The van der Waals surface area contributed by atoms with Gasteiger partial charge in [-0.25, -0.2) is 0 Å². The lowest BCUT2D eigenvalue weighted by molar-refractivity contribution is -0.384. The van der Waals surface area contributed by atoms with Crippen molar-refractivity contribution < 1.29 is 24.4 Å². The molecule has 152 valence electrons. The van der Waals surface area contributed by atoms with Gasteiger partial charge in [0.2, 0.25) is 0 Å². The van der Waals surface area contributed by atoms with Crippen LogP contribution in [-0.4, -0.2) is 47.8 Å². The molecule has 9 heteroatoms. The van der Waals surface area contributed by atoms with E-state index in [1.54, 1.807) is 38.1 Å². The highest BCUT2D eigenvalue weighted by molar-refractivity contribution is 6.15. The van der Waals surface area contributed by atoms with Crippen molar-refractivity contribution in [3.05, 3.63) is 69.3 Å². The Morgan fingerprint density at radius 1 is 1.14 bits per heavy atom. The van der Waals surface area contributed by atoms with Gasteiger partial charge in [-0.3, -0.25) is 24.5 Å². The molecule has 0 heterocycles. The first-order valence-corrected chi connectivity index (χ1v) is 8.74. The van der Waals surface area contributed by atoms with Gasteiger partial charge in [0.25, 0.3) is 11.6 Å². The first-order chi connectivity index (χ1) is 13.6. The zero-order valence-corrected chi connectivity index (χ0v) is 16.2. The number of carboxylic acid groups (broad SMARTS) is 1. The van der Waals surface area contributed by atoms with Gasteiger partial charge in [-0.2, -0.15) is 0 Å². The van der Waals surface area contributed by atoms with Gasteiger partial charge < -0.3 is 15.3 Å². The zero-order chi connectivity index (χ0) is 21.7. The molecule has 2 N–H and O–H groups in total. The van der Waals surface area contributed by atoms with Crippen molar-refractivity contribution in [2.75, 3.05) is 19.0 Å². The summed E-state index contributed by atoms with van der Waals surface area (Å²) in [5.41, 5.74) is 0.326. The molecule has 0 fully saturated rings. The lowest BCUT2D eigenvalue weighted by atomic mass is 9.97. The summed E-state index contributed by atoms with van der Waals surface area (Å²) in [6, 6.07) is 9.53. The normalized spacial score (nSPS) is 11.4. The minimum absolute atomic E-state index is 0.0640. The molecule has 0 spiro atoms. The predicted octanol–water partition coefficient (Wildman–Crippen LogP) is 2.48. The smallest absolute Gasteiger partial charge is 0.305 e. The third-order valence-electron chi connectivity index (χ3n) is 4.19. The molecule has 0 aliphatic rings. The average molecular weight is 399 g/mol. The maximum atomic E-state index is 13.0. The number of benzene rings is 2. The SMILES string of the molecule is CC(CC(=O)O)NC(=O)c1ccccc1C(=O)c1ccc(N(C)C)c([N+](=O)[O-])c1. The highest BCUT2D eigenvalue weighted by Crippen LogP contribution is 2.29. The number of carboxylic acids is 1. The quantitative estimate of drug-likeness (QED) is 0.396. The van der Waals surface area contributed by atoms with Crippen LogP contribution in [0.15, 0.2) is 42.5 Å². The molecule has 0 bridgehead atoms. The molecule has 2 rings (SSSR count). The van der Waals surface area contributed by atoms with E-state index in [1.807, 2.05) is 0 Å². The number of rotatable bonds is 8. The second-order valence-electron chi connectivity index (χ2n) is 6.70. The topological polar surface area (TPSA) is 130 Å². The van der Waals surface area contributed by atoms with Gasteiger partial charge >= 0.3 is 5.97 Å². The predicted molar refractivity (Wildman–Crippen MR) is 106 cm³/mol. The molecule has 0 radical (unpaired) electrons. The van der Waals surface area contributed by atoms with E-state index in [2.05, 4.69) is 5.32 Å². The summed E-state index contributed by atoms with van der Waals surface area (Å²) in [5.74, 6) is -2.20. The van der Waals surface area contributed by atoms with Crippen molar-refractivity contribution in [2.45, 2.75) is 19.4 Å². The highest BCUT2D eigenvalue weighted by Gasteiger charge is 2.23. The van der Waals surface area contributed by atoms with E-state index >= 15 is 0 Å². The number of nitrogens with zero attached hydrogens (tertiary/aromatic N) is 2. The van der Waals surface area contributed by atoms with Crippen LogP contribution in [0.3, 0.4) is 0 Å². The fourth-order valence-electron chi connectivity index (χ4n) is 2.84. The van der Waals surface area contributed by atoms with Crippen molar-refractivity contribution in [1.82, 2.24) is 5.32 Å². The van der Waals surface area contributed by atoms with Crippen molar-refractivity contribution in [3.8, 4) is 0 Å². The molecule has 1 unspecified atom stereocenters. The van der Waals surface area contributed by atoms with Gasteiger partial charge in [0.05, 0.1) is 16.9 Å². The van der Waals surface area contributed by atoms with Gasteiger partial charge in [0.1, 0.15) is 5.69 Å². The Bertz CT molecular complexity index is 970. The molecule has 0 saturated carbocycles. The maximum Gasteiger partial charge on any atom is 0.305 e. The summed E-state index contributed by atoms with van der Waals surface area (Å²) in [6.45, 7) is 1.54. The Labute approximate surface area is 167 Å². The van der Waals surface area contributed by atoms with Crippen LogP contribution < -0.4 is 10.2 Å². The first-order valence-electron chi connectivity index (χ1n) is 8.74. The Morgan fingerprint density at radius 3 is 2.31 bits per heavy atom. The molecule has 29 heavy (non-hydrogen) atoms. The van der Waals surface area contributed by atoms with Gasteiger partial charge in [-0.1, -0.05) is 18.2 Å². The minimum Gasteiger partial charge on any atom is -0.481 e. The number of amides is 1. The summed E-state index contributed by atoms with van der Waals surface area (Å²) in [5, 5.41) is 22.7. The standard InChI is InChI=1S/C20H21N3O6/c1-12(10-18(24)25)21-20(27)15-7-5-4-6-14(15)19(26)13-8-9-16(22(2)3)17(11-13)23(28)29/h4-9,11-12H,10H2,1-3H3,(H,21,27)(H,24,25). The molecule has 2 aromatic rings. The third kappa shape index (κ3) is 5.16. The molecular formula is C20H21N3O6. The number of anilines is 1. The molecule has 0 aliphatic carbocycles. The maximum absolute atomic E-state index is 13.0. The van der Waals surface area contributed by atoms with Crippen molar-refractivity contribution in [1.29, 1.82) is 0 Å². The summed E-state index contributed by atoms with van der Waals surface area (Å²) >= 11 is 0. The highest BCUT2D eigenvalue weighted by atomic mass is 16.6. The van der Waals surface area contributed by atoms with Gasteiger partial charge in [0.15, 0.2) is 5.78 Å². The summed E-state index contributed by atoms with van der Waals surface area (Å²) < 4.78 is 0. The Hall–Kier alpha value is -3.75. The van der Waals surface area contributed by atoms with Gasteiger partial charge in [-0.15, -0.1) is 0 Å². The number of nitro groups is 1. The minimum atomic E-state index is -1.06. The number of ketones is 1. The van der Waals surface area contributed by atoms with Crippen LogP contribution in [0, 0.1) is 10.1 Å². The first kappa shape index (κ1) is 21.5. The Kier molecular flexibility index (Phi) is 6.66. The number of hydrogen-bond donors (Lipinski definition) is 2. The molecule has 1 atom stereocenters. The van der Waals surface area contributed by atoms with Crippen LogP contribution in [-0.2, 0) is 4.79 Å². The van der Waals surface area contributed by atoms with Crippen molar-refractivity contribution in [2.24, 2.45) is 0 Å². The van der Waals surface area contributed by atoms with E-state index in [1.165, 1.54) is 30.3 Å². The van der Waals surface area contributed by atoms with E-state index in [0.717, 1.165) is 0 Å². The lowest BCUT2D eigenvalue weighted by Gasteiger charge is -2.15. The zero-order valence-electron chi connectivity index (χ0n) is 16.2. The molecule has 1 amide bonds. The lowest BCUT2D eigenvalue weighted by Crippen LogP contribution is -2.35. The van der Waals surface area contributed by atoms with E-state index in [9.17, 15) is 24.5 Å². The Balaban J connectivity index is 2.40. The number of aliphatic carboxylic acids is 1. The number of carbonyl (C=O) groups excluding carboxylic acids is 2. The van der Waals surface area contributed by atoms with Crippen LogP contribution in [0.4, 0.5) is 11.4 Å². The Morgan fingerprint density at radius 2 is 1.76 bits per heavy atom. The van der Waals surface area contributed by atoms with Crippen LogP contribution in [0.1, 0.15) is 39.6 Å². The second-order valence-corrected chi connectivity index (χ2v) is 6.70. The summed E-state index contributed by atoms with van der Waals surface area (Å²) in [6.07, 6.45) is -0.264. The molecule has 2 aromatic carbocycles. The largest absolute Gasteiger partial charge is 0.481 e. The van der Waals surface area contributed by atoms with Crippen molar-refractivity contribution in [3.63, 3.8) is 0 Å². The molecule has 0 saturated heterocycles. The molecule has 0 aliphatic heterocycles.